The molecule has 170 valence electrons. The van der Waals surface area contributed by atoms with Crippen LogP contribution in [0.1, 0.15) is 17.5 Å². The summed E-state index contributed by atoms with van der Waals surface area (Å²) < 4.78 is 13.5. The topological polar surface area (TPSA) is 76.0 Å². The normalized spacial score (nSPS) is 13.8. The van der Waals surface area contributed by atoms with Gasteiger partial charge >= 0.3 is 0 Å². The molecule has 0 aliphatic carbocycles. The number of aryl methyl sites for hydroxylation is 1. The Balaban J connectivity index is 1.29. The SMILES string of the molecule is N#Cc1cccnc1N1CCN(C(=O)CCc2c(-c3ccc(F)cc3)[nH]c3ccccc23)CC1. The summed E-state index contributed by atoms with van der Waals surface area (Å²) in [4.78, 5) is 24.8. The highest BCUT2D eigenvalue weighted by Gasteiger charge is 2.24. The summed E-state index contributed by atoms with van der Waals surface area (Å²) in [5.41, 5.74) is 4.45. The number of nitriles is 1. The first kappa shape index (κ1) is 21.7. The van der Waals surface area contributed by atoms with E-state index in [4.69, 9.17) is 0 Å². The van der Waals surface area contributed by atoms with Crippen LogP contribution in [0.2, 0.25) is 0 Å². The number of pyridine rings is 1. The van der Waals surface area contributed by atoms with Gasteiger partial charge in [-0.15, -0.1) is 0 Å². The molecule has 1 N–H and O–H groups in total. The van der Waals surface area contributed by atoms with Gasteiger partial charge in [0.05, 0.1) is 5.56 Å². The summed E-state index contributed by atoms with van der Waals surface area (Å²) in [7, 11) is 0. The number of rotatable bonds is 5. The van der Waals surface area contributed by atoms with Crippen LogP contribution in [-0.4, -0.2) is 47.0 Å². The second-order valence-electron chi connectivity index (χ2n) is 8.39. The quantitative estimate of drug-likeness (QED) is 0.482. The van der Waals surface area contributed by atoms with Gasteiger partial charge < -0.3 is 14.8 Å². The summed E-state index contributed by atoms with van der Waals surface area (Å²) in [5, 5.41) is 10.4. The van der Waals surface area contributed by atoms with E-state index in [0.717, 1.165) is 27.7 Å². The first-order valence-corrected chi connectivity index (χ1v) is 11.4. The van der Waals surface area contributed by atoms with Gasteiger partial charge in [-0.05, 0) is 60.0 Å². The molecule has 3 heterocycles. The van der Waals surface area contributed by atoms with Crippen molar-refractivity contribution in [1.82, 2.24) is 14.9 Å². The maximum atomic E-state index is 13.5. The number of aromatic amines is 1. The Morgan fingerprint density at radius 3 is 2.56 bits per heavy atom. The van der Waals surface area contributed by atoms with Crippen molar-refractivity contribution >= 4 is 22.6 Å². The molecule has 6 nitrogen and oxygen atoms in total. The van der Waals surface area contributed by atoms with Crippen molar-refractivity contribution in [2.75, 3.05) is 31.1 Å². The first-order valence-electron chi connectivity index (χ1n) is 11.4. The Bertz CT molecular complexity index is 1360. The van der Waals surface area contributed by atoms with Gasteiger partial charge in [0.25, 0.3) is 0 Å². The van der Waals surface area contributed by atoms with E-state index in [2.05, 4.69) is 27.0 Å². The molecule has 0 saturated carbocycles. The predicted molar refractivity (Wildman–Crippen MR) is 130 cm³/mol. The number of aromatic nitrogens is 2. The van der Waals surface area contributed by atoms with Gasteiger partial charge in [0.15, 0.2) is 0 Å². The van der Waals surface area contributed by atoms with E-state index in [0.29, 0.717) is 50.4 Å². The minimum Gasteiger partial charge on any atom is -0.354 e. The van der Waals surface area contributed by atoms with Crippen molar-refractivity contribution in [2.24, 2.45) is 0 Å². The Morgan fingerprint density at radius 2 is 1.79 bits per heavy atom. The Morgan fingerprint density at radius 1 is 1.03 bits per heavy atom. The molecule has 0 atom stereocenters. The molecular formula is C27H24FN5O. The Hall–Kier alpha value is -4.18. The summed E-state index contributed by atoms with van der Waals surface area (Å²) >= 11 is 0. The summed E-state index contributed by atoms with van der Waals surface area (Å²) in [6.45, 7) is 2.48. The van der Waals surface area contributed by atoms with Crippen molar-refractivity contribution in [3.05, 3.63) is 83.8 Å². The van der Waals surface area contributed by atoms with Crippen molar-refractivity contribution in [1.29, 1.82) is 5.26 Å². The van der Waals surface area contributed by atoms with Gasteiger partial charge in [-0.25, -0.2) is 9.37 Å². The number of nitrogens with one attached hydrogen (secondary N) is 1. The van der Waals surface area contributed by atoms with E-state index in [-0.39, 0.29) is 11.7 Å². The zero-order chi connectivity index (χ0) is 23.5. The minimum absolute atomic E-state index is 0.108. The van der Waals surface area contributed by atoms with Crippen LogP contribution >= 0.6 is 0 Å². The lowest BCUT2D eigenvalue weighted by molar-refractivity contribution is -0.131. The molecule has 1 saturated heterocycles. The standard InChI is InChI=1S/C27H24FN5O/c28-21-9-7-19(8-10-21)26-23(22-5-1-2-6-24(22)31-26)11-12-25(34)32-14-16-33(17-15-32)27-20(18-29)4-3-13-30-27/h1-10,13,31H,11-12,14-17H2. The molecule has 2 aromatic carbocycles. The van der Waals surface area contributed by atoms with E-state index in [1.165, 1.54) is 12.1 Å². The fourth-order valence-corrected chi connectivity index (χ4v) is 4.62. The van der Waals surface area contributed by atoms with Gasteiger partial charge in [-0.2, -0.15) is 5.26 Å². The number of fused-ring (bicyclic) bond motifs is 1. The fourth-order valence-electron chi connectivity index (χ4n) is 4.62. The summed E-state index contributed by atoms with van der Waals surface area (Å²) in [6, 6.07) is 20.2. The highest BCUT2D eigenvalue weighted by atomic mass is 19.1. The molecular weight excluding hydrogens is 429 g/mol. The zero-order valence-corrected chi connectivity index (χ0v) is 18.7. The van der Waals surface area contributed by atoms with E-state index >= 15 is 0 Å². The molecule has 0 unspecified atom stereocenters. The lowest BCUT2D eigenvalue weighted by atomic mass is 10.0. The third-order valence-electron chi connectivity index (χ3n) is 6.37. The van der Waals surface area contributed by atoms with Crippen LogP contribution in [0.15, 0.2) is 66.9 Å². The smallest absolute Gasteiger partial charge is 0.223 e. The van der Waals surface area contributed by atoms with Gasteiger partial charge in [0.2, 0.25) is 5.91 Å². The number of benzene rings is 2. The number of nitrogens with zero attached hydrogens (tertiary/aromatic N) is 4. The zero-order valence-electron chi connectivity index (χ0n) is 18.7. The Kier molecular flexibility index (Phi) is 5.96. The molecule has 0 spiro atoms. The number of H-pyrrole nitrogens is 1. The van der Waals surface area contributed by atoms with Crippen molar-refractivity contribution in [2.45, 2.75) is 12.8 Å². The van der Waals surface area contributed by atoms with E-state index in [1.54, 1.807) is 30.5 Å². The Labute approximate surface area is 197 Å². The van der Waals surface area contributed by atoms with Crippen LogP contribution in [0.3, 0.4) is 0 Å². The van der Waals surface area contributed by atoms with Crippen LogP contribution in [0.25, 0.3) is 22.2 Å². The number of anilines is 1. The van der Waals surface area contributed by atoms with Crippen LogP contribution in [0.5, 0.6) is 0 Å². The third kappa shape index (κ3) is 4.23. The summed E-state index contributed by atoms with van der Waals surface area (Å²) in [6.07, 6.45) is 2.67. The number of halogens is 1. The molecule has 2 aromatic heterocycles. The van der Waals surface area contributed by atoms with E-state index < -0.39 is 0 Å². The molecule has 7 heteroatoms. The van der Waals surface area contributed by atoms with Crippen molar-refractivity contribution in [3.8, 4) is 17.3 Å². The van der Waals surface area contributed by atoms with Crippen molar-refractivity contribution in [3.63, 3.8) is 0 Å². The van der Waals surface area contributed by atoms with Crippen LogP contribution in [-0.2, 0) is 11.2 Å². The second kappa shape index (κ2) is 9.36. The maximum Gasteiger partial charge on any atom is 0.223 e. The van der Waals surface area contributed by atoms with Gasteiger partial charge in [0, 0.05) is 55.4 Å². The number of hydrogen-bond acceptors (Lipinski definition) is 4. The number of amides is 1. The summed E-state index contributed by atoms with van der Waals surface area (Å²) in [5.74, 6) is 0.514. The lowest BCUT2D eigenvalue weighted by Gasteiger charge is -2.35. The van der Waals surface area contributed by atoms with Gasteiger partial charge in [0.1, 0.15) is 17.7 Å². The average Bonchev–Trinajstić information content (AvgIpc) is 3.26. The van der Waals surface area contributed by atoms with Gasteiger partial charge in [-0.1, -0.05) is 18.2 Å². The third-order valence-corrected chi connectivity index (χ3v) is 6.37. The highest BCUT2D eigenvalue weighted by molar-refractivity contribution is 5.91. The average molecular weight is 454 g/mol. The largest absolute Gasteiger partial charge is 0.354 e. The molecule has 34 heavy (non-hydrogen) atoms. The predicted octanol–water partition coefficient (Wildman–Crippen LogP) is 4.52. The second-order valence-corrected chi connectivity index (χ2v) is 8.39. The van der Waals surface area contributed by atoms with Crippen molar-refractivity contribution < 1.29 is 9.18 Å². The number of carbonyl (C=O) groups is 1. The monoisotopic (exact) mass is 453 g/mol. The molecule has 5 rings (SSSR count). The maximum absolute atomic E-state index is 13.5. The molecule has 4 aromatic rings. The highest BCUT2D eigenvalue weighted by Crippen LogP contribution is 2.31. The molecule has 0 radical (unpaired) electrons. The number of hydrogen-bond donors (Lipinski definition) is 1. The number of piperazine rings is 1. The van der Waals surface area contributed by atoms with Crippen LogP contribution in [0, 0.1) is 17.1 Å². The van der Waals surface area contributed by atoms with E-state index in [1.807, 2.05) is 23.1 Å². The van der Waals surface area contributed by atoms with Crippen LogP contribution < -0.4 is 4.90 Å². The molecule has 1 aliphatic rings. The van der Waals surface area contributed by atoms with Gasteiger partial charge in [-0.3, -0.25) is 4.79 Å². The number of para-hydroxylation sites is 1. The minimum atomic E-state index is -0.275. The molecule has 0 bridgehead atoms. The van der Waals surface area contributed by atoms with E-state index in [9.17, 15) is 14.4 Å². The lowest BCUT2D eigenvalue weighted by Crippen LogP contribution is -2.49. The van der Waals surface area contributed by atoms with Crippen LogP contribution in [0.4, 0.5) is 10.2 Å². The first-order chi connectivity index (χ1) is 16.6. The number of carbonyl (C=O) groups excluding carboxylic acids is 1. The molecule has 1 amide bonds. The fraction of sp³-hybridized carbons (Fsp3) is 0.222. The molecule has 1 aliphatic heterocycles. The molecule has 1 fully saturated rings.